The van der Waals surface area contributed by atoms with Crippen LogP contribution in [0, 0.1) is 0 Å². The minimum Gasteiger partial charge on any atom is -0.330 e. The number of rotatable bonds is 4. The summed E-state index contributed by atoms with van der Waals surface area (Å²) in [6.45, 7) is 2.23. The summed E-state index contributed by atoms with van der Waals surface area (Å²) in [7, 11) is 2.23. The van der Waals surface area contributed by atoms with E-state index in [-0.39, 0.29) is 0 Å². The second-order valence-electron chi connectivity index (χ2n) is 6.40. The fourth-order valence-electron chi connectivity index (χ4n) is 3.55. The van der Waals surface area contributed by atoms with Crippen LogP contribution in [-0.4, -0.2) is 39.1 Å². The topological polar surface area (TPSA) is 34.0 Å². The van der Waals surface area contributed by atoms with Gasteiger partial charge in [0.15, 0.2) is 5.82 Å². The van der Waals surface area contributed by atoms with Crippen molar-refractivity contribution in [1.29, 1.82) is 0 Å². The van der Waals surface area contributed by atoms with Crippen molar-refractivity contribution in [2.24, 2.45) is 0 Å². The maximum atomic E-state index is 4.78. The highest BCUT2D eigenvalue weighted by Crippen LogP contribution is 2.22. The van der Waals surface area contributed by atoms with Crippen molar-refractivity contribution < 1.29 is 0 Å². The van der Waals surface area contributed by atoms with Crippen LogP contribution < -0.4 is 0 Å². The van der Waals surface area contributed by atoms with Crippen LogP contribution >= 0.6 is 0 Å². The molecule has 0 spiro atoms. The molecule has 0 saturated carbocycles. The molecule has 0 bridgehead atoms. The molecule has 1 unspecified atom stereocenters. The van der Waals surface area contributed by atoms with E-state index in [0.29, 0.717) is 6.04 Å². The van der Waals surface area contributed by atoms with E-state index in [9.17, 15) is 0 Å². The Morgan fingerprint density at radius 1 is 1.17 bits per heavy atom. The first-order valence-corrected chi connectivity index (χ1v) is 8.39. The van der Waals surface area contributed by atoms with Crippen LogP contribution in [0.1, 0.15) is 19.3 Å². The third kappa shape index (κ3) is 2.86. The Bertz CT molecular complexity index is 808. The Morgan fingerprint density at radius 2 is 2.09 bits per heavy atom. The average Bonchev–Trinajstić information content (AvgIpc) is 3.21. The number of pyridine rings is 1. The molecule has 4 heteroatoms. The molecule has 2 aromatic heterocycles. The third-order valence-electron chi connectivity index (χ3n) is 4.92. The number of para-hydroxylation sites is 1. The van der Waals surface area contributed by atoms with Gasteiger partial charge in [-0.15, -0.1) is 0 Å². The maximum absolute atomic E-state index is 4.78. The molecule has 23 heavy (non-hydrogen) atoms. The Balaban J connectivity index is 1.58. The summed E-state index contributed by atoms with van der Waals surface area (Å²) >= 11 is 0. The SMILES string of the molecule is CN1CCCC1CCn1ccnc1-c1ccc2ccccc2n1. The van der Waals surface area contributed by atoms with E-state index < -0.39 is 0 Å². The van der Waals surface area contributed by atoms with Crippen molar-refractivity contribution in [3.63, 3.8) is 0 Å². The molecule has 0 aliphatic carbocycles. The number of hydrogen-bond donors (Lipinski definition) is 0. The van der Waals surface area contributed by atoms with Gasteiger partial charge in [0.2, 0.25) is 0 Å². The number of aromatic nitrogens is 3. The monoisotopic (exact) mass is 306 g/mol. The van der Waals surface area contributed by atoms with Gasteiger partial charge in [-0.05, 0) is 45.0 Å². The summed E-state index contributed by atoms with van der Waals surface area (Å²) in [5.41, 5.74) is 1.98. The van der Waals surface area contributed by atoms with E-state index in [2.05, 4.69) is 52.0 Å². The smallest absolute Gasteiger partial charge is 0.158 e. The molecule has 1 aliphatic rings. The molecule has 3 heterocycles. The quantitative estimate of drug-likeness (QED) is 0.739. The van der Waals surface area contributed by atoms with Gasteiger partial charge in [-0.25, -0.2) is 9.97 Å². The summed E-state index contributed by atoms with van der Waals surface area (Å²) in [4.78, 5) is 11.8. The molecule has 1 aliphatic heterocycles. The van der Waals surface area contributed by atoms with E-state index in [1.54, 1.807) is 0 Å². The minimum absolute atomic E-state index is 0.704. The van der Waals surface area contributed by atoms with Gasteiger partial charge in [0.25, 0.3) is 0 Å². The Morgan fingerprint density at radius 3 is 2.96 bits per heavy atom. The van der Waals surface area contributed by atoms with Crippen LogP contribution in [0.4, 0.5) is 0 Å². The zero-order chi connectivity index (χ0) is 15.6. The van der Waals surface area contributed by atoms with Gasteiger partial charge in [-0.1, -0.05) is 24.3 Å². The van der Waals surface area contributed by atoms with Gasteiger partial charge in [-0.3, -0.25) is 0 Å². The van der Waals surface area contributed by atoms with Crippen LogP contribution in [0.25, 0.3) is 22.4 Å². The molecule has 1 aromatic carbocycles. The lowest BCUT2D eigenvalue weighted by Gasteiger charge is -2.19. The van der Waals surface area contributed by atoms with Gasteiger partial charge >= 0.3 is 0 Å². The van der Waals surface area contributed by atoms with E-state index in [0.717, 1.165) is 23.6 Å². The van der Waals surface area contributed by atoms with Crippen LogP contribution in [0.3, 0.4) is 0 Å². The second kappa shape index (κ2) is 6.13. The molecule has 1 fully saturated rings. The molecular weight excluding hydrogens is 284 g/mol. The molecule has 4 rings (SSSR count). The van der Waals surface area contributed by atoms with Crippen molar-refractivity contribution >= 4 is 10.9 Å². The lowest BCUT2D eigenvalue weighted by Crippen LogP contribution is -2.26. The lowest BCUT2D eigenvalue weighted by molar-refractivity contribution is 0.286. The predicted octanol–water partition coefficient (Wildman–Crippen LogP) is 3.58. The Hall–Kier alpha value is -2.20. The van der Waals surface area contributed by atoms with Gasteiger partial charge in [0.1, 0.15) is 5.69 Å². The number of benzene rings is 1. The Kier molecular flexibility index (Phi) is 3.83. The van der Waals surface area contributed by atoms with Gasteiger partial charge in [0.05, 0.1) is 5.52 Å². The van der Waals surface area contributed by atoms with E-state index in [1.807, 2.05) is 18.3 Å². The van der Waals surface area contributed by atoms with E-state index in [4.69, 9.17) is 4.98 Å². The third-order valence-corrected chi connectivity index (χ3v) is 4.92. The van der Waals surface area contributed by atoms with Crippen LogP contribution in [0.5, 0.6) is 0 Å². The normalized spacial score (nSPS) is 18.7. The molecule has 4 nitrogen and oxygen atoms in total. The zero-order valence-electron chi connectivity index (χ0n) is 13.5. The van der Waals surface area contributed by atoms with Crippen LogP contribution in [0.15, 0.2) is 48.8 Å². The number of fused-ring (bicyclic) bond motifs is 1. The van der Waals surface area contributed by atoms with Gasteiger partial charge in [-0.2, -0.15) is 0 Å². The molecule has 1 saturated heterocycles. The van der Waals surface area contributed by atoms with Crippen molar-refractivity contribution in [2.45, 2.75) is 31.8 Å². The Labute approximate surface area is 136 Å². The number of likely N-dealkylation sites (tertiary alicyclic amines) is 1. The zero-order valence-corrected chi connectivity index (χ0v) is 13.5. The highest BCUT2D eigenvalue weighted by Gasteiger charge is 2.20. The lowest BCUT2D eigenvalue weighted by atomic mass is 10.1. The first-order valence-electron chi connectivity index (χ1n) is 8.39. The highest BCUT2D eigenvalue weighted by molar-refractivity contribution is 5.80. The summed E-state index contributed by atoms with van der Waals surface area (Å²) < 4.78 is 2.24. The average molecular weight is 306 g/mol. The van der Waals surface area contributed by atoms with Crippen molar-refractivity contribution in [3.8, 4) is 11.5 Å². The fourth-order valence-corrected chi connectivity index (χ4v) is 3.55. The number of imidazole rings is 1. The molecule has 0 radical (unpaired) electrons. The molecule has 1 atom stereocenters. The fraction of sp³-hybridized carbons (Fsp3) is 0.368. The standard InChI is InChI=1S/C19H22N4/c1-22-12-4-6-16(22)10-13-23-14-11-20-19(23)18-9-8-15-5-2-3-7-17(15)21-18/h2-3,5,7-9,11,14,16H,4,6,10,12-13H2,1H3. The summed E-state index contributed by atoms with van der Waals surface area (Å²) in [5.74, 6) is 0.969. The first kappa shape index (κ1) is 14.4. The maximum Gasteiger partial charge on any atom is 0.158 e. The summed E-state index contributed by atoms with van der Waals surface area (Å²) in [5, 5.41) is 1.17. The van der Waals surface area contributed by atoms with Gasteiger partial charge < -0.3 is 9.47 Å². The number of nitrogens with zero attached hydrogens (tertiary/aromatic N) is 4. The van der Waals surface area contributed by atoms with Crippen LogP contribution in [0.2, 0.25) is 0 Å². The number of hydrogen-bond acceptors (Lipinski definition) is 3. The highest BCUT2D eigenvalue weighted by atomic mass is 15.2. The second-order valence-corrected chi connectivity index (χ2v) is 6.40. The van der Waals surface area contributed by atoms with Crippen molar-refractivity contribution in [1.82, 2.24) is 19.4 Å². The van der Waals surface area contributed by atoms with Crippen molar-refractivity contribution in [3.05, 3.63) is 48.8 Å². The number of aryl methyl sites for hydroxylation is 1. The predicted molar refractivity (Wildman–Crippen MR) is 93.2 cm³/mol. The van der Waals surface area contributed by atoms with Crippen molar-refractivity contribution in [2.75, 3.05) is 13.6 Å². The molecule has 0 N–H and O–H groups in total. The van der Waals surface area contributed by atoms with E-state index >= 15 is 0 Å². The van der Waals surface area contributed by atoms with Gasteiger partial charge in [0, 0.05) is 30.4 Å². The van der Waals surface area contributed by atoms with E-state index in [1.165, 1.54) is 31.2 Å². The van der Waals surface area contributed by atoms with Crippen LogP contribution in [-0.2, 0) is 6.54 Å². The molecule has 0 amide bonds. The first-order chi connectivity index (χ1) is 11.3. The molecule has 118 valence electrons. The summed E-state index contributed by atoms with van der Waals surface area (Å²) in [6, 6.07) is 13.1. The summed E-state index contributed by atoms with van der Waals surface area (Å²) in [6.07, 6.45) is 7.76. The molecule has 3 aromatic rings. The largest absolute Gasteiger partial charge is 0.330 e. The molecular formula is C19H22N4. The minimum atomic E-state index is 0.704.